The smallest absolute Gasteiger partial charge is 0.417 e. The van der Waals surface area contributed by atoms with Crippen molar-refractivity contribution < 1.29 is 17.9 Å². The second kappa shape index (κ2) is 8.26. The SMILES string of the molecule is Cc1nc(NC(C)COc2ccc(C(F)(F)F)cn2)c(Cl)c(C(C)Cl)n1. The standard InChI is InChI=1S/C16H17Cl2F3N4O/c1-8(7-26-12-5-4-11(6-22-12)16(19,20)21)23-15-13(18)14(9(2)17)24-10(3)25-15/h4-6,8-9H,7H2,1-3H3,(H,23,24,25). The highest BCUT2D eigenvalue weighted by atomic mass is 35.5. The first-order chi connectivity index (χ1) is 12.1. The molecule has 0 aliphatic carbocycles. The summed E-state index contributed by atoms with van der Waals surface area (Å²) in [4.78, 5) is 12.1. The molecule has 142 valence electrons. The number of alkyl halides is 4. The lowest BCUT2D eigenvalue weighted by atomic mass is 10.3. The van der Waals surface area contributed by atoms with Crippen LogP contribution in [-0.2, 0) is 6.18 Å². The van der Waals surface area contributed by atoms with Crippen LogP contribution in [0.25, 0.3) is 0 Å². The fourth-order valence-electron chi connectivity index (χ4n) is 2.06. The second-order valence-electron chi connectivity index (χ2n) is 5.67. The van der Waals surface area contributed by atoms with Crippen LogP contribution >= 0.6 is 23.2 Å². The van der Waals surface area contributed by atoms with Crippen molar-refractivity contribution in [1.29, 1.82) is 0 Å². The molecule has 2 aromatic heterocycles. The van der Waals surface area contributed by atoms with Gasteiger partial charge in [0.2, 0.25) is 5.88 Å². The summed E-state index contributed by atoms with van der Waals surface area (Å²) < 4.78 is 42.9. The number of rotatable bonds is 6. The van der Waals surface area contributed by atoms with Crippen LogP contribution in [-0.4, -0.2) is 27.6 Å². The van der Waals surface area contributed by atoms with Crippen molar-refractivity contribution in [2.45, 2.75) is 38.4 Å². The van der Waals surface area contributed by atoms with Crippen LogP contribution in [0.4, 0.5) is 19.0 Å². The Morgan fingerprint density at radius 2 is 1.92 bits per heavy atom. The summed E-state index contributed by atoms with van der Waals surface area (Å²) in [5.41, 5.74) is -0.317. The fraction of sp³-hybridized carbons (Fsp3) is 0.438. The summed E-state index contributed by atoms with van der Waals surface area (Å²) in [5, 5.41) is 3.01. The van der Waals surface area contributed by atoms with Gasteiger partial charge in [0.25, 0.3) is 0 Å². The molecule has 0 aliphatic heterocycles. The molecule has 2 aromatic rings. The number of hydrogen-bond donors (Lipinski definition) is 1. The highest BCUT2D eigenvalue weighted by Gasteiger charge is 2.30. The molecule has 1 N–H and O–H groups in total. The van der Waals surface area contributed by atoms with Gasteiger partial charge < -0.3 is 10.1 Å². The minimum Gasteiger partial charge on any atom is -0.475 e. The summed E-state index contributed by atoms with van der Waals surface area (Å²) in [6.07, 6.45) is -3.70. The van der Waals surface area contributed by atoms with Crippen LogP contribution in [0.5, 0.6) is 5.88 Å². The Balaban J connectivity index is 2.00. The molecule has 0 bridgehead atoms. The van der Waals surface area contributed by atoms with Crippen molar-refractivity contribution >= 4 is 29.0 Å². The third kappa shape index (κ3) is 5.35. The molecule has 0 amide bonds. The molecule has 10 heteroatoms. The van der Waals surface area contributed by atoms with E-state index >= 15 is 0 Å². The molecule has 0 aliphatic rings. The lowest BCUT2D eigenvalue weighted by Crippen LogP contribution is -2.25. The highest BCUT2D eigenvalue weighted by Crippen LogP contribution is 2.31. The average Bonchev–Trinajstić information content (AvgIpc) is 2.55. The van der Waals surface area contributed by atoms with E-state index in [2.05, 4.69) is 20.3 Å². The first kappa shape index (κ1) is 20.5. The van der Waals surface area contributed by atoms with E-state index in [0.717, 1.165) is 12.3 Å². The number of aryl methyl sites for hydroxylation is 1. The predicted molar refractivity (Wildman–Crippen MR) is 93.9 cm³/mol. The number of pyridine rings is 1. The van der Waals surface area contributed by atoms with Gasteiger partial charge >= 0.3 is 6.18 Å². The maximum atomic E-state index is 12.5. The van der Waals surface area contributed by atoms with Gasteiger partial charge in [-0.1, -0.05) is 11.6 Å². The van der Waals surface area contributed by atoms with Crippen molar-refractivity contribution in [2.24, 2.45) is 0 Å². The van der Waals surface area contributed by atoms with Gasteiger partial charge in [-0.2, -0.15) is 13.2 Å². The van der Waals surface area contributed by atoms with E-state index in [1.165, 1.54) is 6.07 Å². The zero-order valence-corrected chi connectivity index (χ0v) is 15.7. The number of aromatic nitrogens is 3. The molecule has 2 unspecified atom stereocenters. The topological polar surface area (TPSA) is 59.9 Å². The molecule has 2 atom stereocenters. The molecule has 0 radical (unpaired) electrons. The summed E-state index contributed by atoms with van der Waals surface area (Å²) in [5.74, 6) is 1.02. The van der Waals surface area contributed by atoms with E-state index in [4.69, 9.17) is 27.9 Å². The monoisotopic (exact) mass is 408 g/mol. The number of nitrogens with one attached hydrogen (secondary N) is 1. The van der Waals surface area contributed by atoms with Gasteiger partial charge in [0.05, 0.1) is 22.7 Å². The molecule has 2 heterocycles. The largest absolute Gasteiger partial charge is 0.475 e. The van der Waals surface area contributed by atoms with Gasteiger partial charge in [-0.05, 0) is 26.8 Å². The maximum Gasteiger partial charge on any atom is 0.417 e. The van der Waals surface area contributed by atoms with Gasteiger partial charge in [-0.3, -0.25) is 0 Å². The molecule has 0 saturated carbocycles. The molecular formula is C16H17Cl2F3N4O. The number of anilines is 1. The molecule has 5 nitrogen and oxygen atoms in total. The van der Waals surface area contributed by atoms with E-state index in [-0.39, 0.29) is 23.9 Å². The van der Waals surface area contributed by atoms with Gasteiger partial charge in [0.15, 0.2) is 0 Å². The summed E-state index contributed by atoms with van der Waals surface area (Å²) in [6.45, 7) is 5.42. The predicted octanol–water partition coefficient (Wildman–Crippen LogP) is 5.03. The summed E-state index contributed by atoms with van der Waals surface area (Å²) in [6, 6.07) is 1.84. The van der Waals surface area contributed by atoms with E-state index in [1.54, 1.807) is 13.8 Å². The Hall–Kier alpha value is -1.80. The minimum atomic E-state index is -4.43. The maximum absolute atomic E-state index is 12.5. The van der Waals surface area contributed by atoms with E-state index in [9.17, 15) is 13.2 Å². The highest BCUT2D eigenvalue weighted by molar-refractivity contribution is 6.34. The molecule has 0 aromatic carbocycles. The van der Waals surface area contributed by atoms with Crippen LogP contribution < -0.4 is 10.1 Å². The Morgan fingerprint density at radius 1 is 1.23 bits per heavy atom. The van der Waals surface area contributed by atoms with Crippen LogP contribution in [0.3, 0.4) is 0 Å². The summed E-state index contributed by atoms with van der Waals surface area (Å²) >= 11 is 12.3. The Bertz CT molecular complexity index is 754. The third-order valence-electron chi connectivity index (χ3n) is 3.29. The van der Waals surface area contributed by atoms with Crippen molar-refractivity contribution in [3.05, 3.63) is 40.4 Å². The zero-order valence-electron chi connectivity index (χ0n) is 14.2. The molecule has 0 saturated heterocycles. The number of nitrogens with zero attached hydrogens (tertiary/aromatic N) is 3. The van der Waals surface area contributed by atoms with Gasteiger partial charge in [0.1, 0.15) is 23.3 Å². The van der Waals surface area contributed by atoms with Crippen molar-refractivity contribution in [1.82, 2.24) is 15.0 Å². The Kier molecular flexibility index (Phi) is 6.52. The van der Waals surface area contributed by atoms with Crippen molar-refractivity contribution in [3.63, 3.8) is 0 Å². The van der Waals surface area contributed by atoms with E-state index < -0.39 is 11.7 Å². The molecule has 0 spiro atoms. The Labute approximate surface area is 158 Å². The van der Waals surface area contributed by atoms with Crippen LogP contribution in [0.1, 0.15) is 36.3 Å². The van der Waals surface area contributed by atoms with Crippen LogP contribution in [0.2, 0.25) is 5.02 Å². The first-order valence-corrected chi connectivity index (χ1v) is 8.50. The van der Waals surface area contributed by atoms with Crippen LogP contribution in [0, 0.1) is 6.92 Å². The molecule has 2 rings (SSSR count). The third-order valence-corrected chi connectivity index (χ3v) is 3.87. The van der Waals surface area contributed by atoms with E-state index in [0.29, 0.717) is 22.4 Å². The molecular weight excluding hydrogens is 392 g/mol. The van der Waals surface area contributed by atoms with Crippen molar-refractivity contribution in [2.75, 3.05) is 11.9 Å². The van der Waals surface area contributed by atoms with Crippen molar-refractivity contribution in [3.8, 4) is 5.88 Å². The Morgan fingerprint density at radius 3 is 2.46 bits per heavy atom. The normalized spacial score (nSPS) is 14.0. The lowest BCUT2D eigenvalue weighted by Gasteiger charge is -2.18. The average molecular weight is 409 g/mol. The second-order valence-corrected chi connectivity index (χ2v) is 6.71. The zero-order chi connectivity index (χ0) is 19.5. The van der Waals surface area contributed by atoms with E-state index in [1.807, 2.05) is 6.92 Å². The number of ether oxygens (including phenoxy) is 1. The lowest BCUT2D eigenvalue weighted by molar-refractivity contribution is -0.137. The first-order valence-electron chi connectivity index (χ1n) is 7.68. The summed E-state index contributed by atoms with van der Waals surface area (Å²) in [7, 11) is 0. The minimum absolute atomic E-state index is 0.0895. The molecule has 26 heavy (non-hydrogen) atoms. The fourth-order valence-corrected chi connectivity index (χ4v) is 2.58. The van der Waals surface area contributed by atoms with Crippen LogP contribution in [0.15, 0.2) is 18.3 Å². The number of hydrogen-bond acceptors (Lipinski definition) is 5. The molecule has 0 fully saturated rings. The number of halogens is 5. The van der Waals surface area contributed by atoms with Gasteiger partial charge in [-0.15, -0.1) is 11.6 Å². The van der Waals surface area contributed by atoms with Gasteiger partial charge in [-0.25, -0.2) is 15.0 Å². The quantitative estimate of drug-likeness (QED) is 0.679. The van der Waals surface area contributed by atoms with Gasteiger partial charge in [0, 0.05) is 12.3 Å².